The van der Waals surface area contributed by atoms with Gasteiger partial charge < -0.3 is 35.1 Å². The van der Waals surface area contributed by atoms with E-state index in [4.69, 9.17) is 23.4 Å². The Bertz CT molecular complexity index is 1490. The van der Waals surface area contributed by atoms with E-state index < -0.39 is 62.2 Å². The summed E-state index contributed by atoms with van der Waals surface area (Å²) in [6.45, 7) is 4.65. The summed E-state index contributed by atoms with van der Waals surface area (Å²) in [5.74, 6) is -2.48. The molecule has 3 rings (SSSR count). The number of amides is 3. The van der Waals surface area contributed by atoms with E-state index in [0.29, 0.717) is 23.1 Å². The van der Waals surface area contributed by atoms with Gasteiger partial charge in [-0.05, 0) is 50.3 Å². The number of fused-ring (bicyclic) bond motifs is 1. The van der Waals surface area contributed by atoms with Crippen LogP contribution in [0.5, 0.6) is 5.75 Å². The lowest BCUT2D eigenvalue weighted by atomic mass is 9.95. The van der Waals surface area contributed by atoms with E-state index in [1.54, 1.807) is 31.2 Å². The molecule has 1 aliphatic heterocycles. The highest BCUT2D eigenvalue weighted by Crippen LogP contribution is 2.47. The van der Waals surface area contributed by atoms with Crippen molar-refractivity contribution in [2.45, 2.75) is 58.2 Å². The number of H-pyrrole nitrogens is 1. The van der Waals surface area contributed by atoms with Crippen LogP contribution in [0.1, 0.15) is 50.5 Å². The van der Waals surface area contributed by atoms with Gasteiger partial charge in [-0.2, -0.15) is 0 Å². The summed E-state index contributed by atoms with van der Waals surface area (Å²) in [4.78, 5) is 69.0. The molecule has 0 saturated carbocycles. The molecule has 0 aliphatic carbocycles. The highest BCUT2D eigenvalue weighted by Gasteiger charge is 2.39. The summed E-state index contributed by atoms with van der Waals surface area (Å²) in [7, 11) is -0.368. The van der Waals surface area contributed by atoms with Crippen LogP contribution in [0.2, 0.25) is 0 Å². The molecule has 0 bridgehead atoms. The zero-order valence-corrected chi connectivity index (χ0v) is 28.2. The van der Waals surface area contributed by atoms with Gasteiger partial charge in [0.1, 0.15) is 30.7 Å². The molecular weight excluding hydrogens is 639 g/mol. The fraction of sp³-hybridized carbons (Fsp3) is 0.567. The van der Waals surface area contributed by atoms with E-state index in [1.165, 1.54) is 12.0 Å². The van der Waals surface area contributed by atoms with E-state index >= 15 is 0 Å². The Balaban J connectivity index is 1.81. The summed E-state index contributed by atoms with van der Waals surface area (Å²) in [5.41, 5.74) is 0.855. The number of carbonyl (C=O) groups excluding carboxylic acids is 4. The van der Waals surface area contributed by atoms with Gasteiger partial charge in [-0.1, -0.05) is 19.9 Å². The lowest BCUT2D eigenvalue weighted by Crippen LogP contribution is -2.53. The van der Waals surface area contributed by atoms with Crippen molar-refractivity contribution in [2.75, 3.05) is 41.1 Å². The van der Waals surface area contributed by atoms with Gasteiger partial charge in [-0.25, -0.2) is 9.36 Å². The minimum Gasteiger partial charge on any atom is -0.496 e. The Morgan fingerprint density at radius 2 is 1.79 bits per heavy atom. The second kappa shape index (κ2) is 16.7. The third-order valence-corrected chi connectivity index (χ3v) is 9.13. The van der Waals surface area contributed by atoms with Crippen LogP contribution < -0.4 is 15.4 Å². The number of benzene rings is 1. The fourth-order valence-corrected chi connectivity index (χ4v) is 5.96. The van der Waals surface area contributed by atoms with Gasteiger partial charge in [0.05, 0.1) is 19.2 Å². The third-order valence-electron chi connectivity index (χ3n) is 7.79. The van der Waals surface area contributed by atoms with Crippen molar-refractivity contribution in [1.29, 1.82) is 0 Å². The Morgan fingerprint density at radius 3 is 2.40 bits per heavy atom. The maximum absolute atomic E-state index is 13.7. The first-order chi connectivity index (χ1) is 22.2. The van der Waals surface area contributed by atoms with Gasteiger partial charge in [-0.3, -0.25) is 32.7 Å². The Kier molecular flexibility index (Phi) is 13.3. The van der Waals surface area contributed by atoms with Gasteiger partial charge in [0.15, 0.2) is 5.78 Å². The molecule has 1 aromatic carbocycles. The van der Waals surface area contributed by atoms with E-state index in [-0.39, 0.29) is 43.5 Å². The first kappa shape index (κ1) is 37.5. The number of rotatable bonds is 18. The van der Waals surface area contributed by atoms with Crippen LogP contribution in [-0.2, 0) is 37.3 Å². The predicted molar refractivity (Wildman–Crippen MR) is 168 cm³/mol. The quantitative estimate of drug-likeness (QED) is 0.132. The number of hydrogen-bond donors (Lipinski definition) is 4. The van der Waals surface area contributed by atoms with E-state index in [0.717, 1.165) is 14.2 Å². The number of nitrogens with one attached hydrogen (secondary N) is 3. The maximum atomic E-state index is 13.7. The van der Waals surface area contributed by atoms with Crippen LogP contribution >= 0.6 is 7.82 Å². The van der Waals surface area contributed by atoms with Crippen LogP contribution in [0.4, 0.5) is 4.79 Å². The van der Waals surface area contributed by atoms with Crippen molar-refractivity contribution >= 4 is 48.4 Å². The van der Waals surface area contributed by atoms with Gasteiger partial charge in [0, 0.05) is 37.6 Å². The number of methoxy groups -OCH3 is 1. The molecule has 4 atom stereocenters. The molecule has 3 amide bonds. The van der Waals surface area contributed by atoms with Crippen LogP contribution in [0.15, 0.2) is 24.3 Å². The first-order valence-electron chi connectivity index (χ1n) is 15.0. The summed E-state index contributed by atoms with van der Waals surface area (Å²) < 4.78 is 37.0. The number of hydrogen-bond acceptors (Lipinski definition) is 11. The SMILES string of the molecule is COc1cccc2[nH]c(C(=O)NC(CC(C)C)C(=O)NC(C[C@@H]3CCN(C(C)COC(=O)O)C3=O)C(=O)COP(=O)(OC)OC)cc12. The molecule has 1 saturated heterocycles. The number of phosphoric acid groups is 1. The van der Waals surface area contributed by atoms with Gasteiger partial charge >= 0.3 is 14.0 Å². The molecule has 47 heavy (non-hydrogen) atoms. The number of Topliss-reactive ketones (excluding diaryl/α,β-unsaturated/α-hetero) is 1. The summed E-state index contributed by atoms with van der Waals surface area (Å²) >= 11 is 0. The average Bonchev–Trinajstić information content (AvgIpc) is 3.64. The molecule has 3 unspecified atom stereocenters. The van der Waals surface area contributed by atoms with Crippen molar-refractivity contribution < 1.29 is 56.7 Å². The molecule has 4 N–H and O–H groups in total. The van der Waals surface area contributed by atoms with Gasteiger partial charge in [-0.15, -0.1) is 0 Å². The number of nitrogens with zero attached hydrogens (tertiary/aromatic N) is 1. The maximum Gasteiger partial charge on any atom is 0.505 e. The van der Waals surface area contributed by atoms with Crippen molar-refractivity contribution in [3.63, 3.8) is 0 Å². The molecular formula is C30H43N4O12P. The second-order valence-electron chi connectivity index (χ2n) is 11.6. The smallest absolute Gasteiger partial charge is 0.496 e. The van der Waals surface area contributed by atoms with Crippen LogP contribution in [0.25, 0.3) is 10.9 Å². The number of ketones is 1. The van der Waals surface area contributed by atoms with E-state index in [1.807, 2.05) is 13.8 Å². The first-order valence-corrected chi connectivity index (χ1v) is 16.5. The number of likely N-dealkylation sites (tertiary alicyclic amines) is 1. The zero-order chi connectivity index (χ0) is 34.9. The topological polar surface area (TPSA) is 212 Å². The molecule has 0 spiro atoms. The fourth-order valence-electron chi connectivity index (χ4n) is 5.32. The molecule has 2 aromatic rings. The molecule has 2 heterocycles. The van der Waals surface area contributed by atoms with Crippen LogP contribution in [0.3, 0.4) is 0 Å². The lowest BCUT2D eigenvalue weighted by molar-refractivity contribution is -0.135. The van der Waals surface area contributed by atoms with Gasteiger partial charge in [0.25, 0.3) is 5.91 Å². The zero-order valence-electron chi connectivity index (χ0n) is 27.3. The van der Waals surface area contributed by atoms with Crippen molar-refractivity contribution in [1.82, 2.24) is 20.5 Å². The second-order valence-corrected chi connectivity index (χ2v) is 13.4. The van der Waals surface area contributed by atoms with Crippen LogP contribution in [-0.4, -0.2) is 104 Å². The average molecular weight is 683 g/mol. The van der Waals surface area contributed by atoms with Crippen molar-refractivity contribution in [2.24, 2.45) is 11.8 Å². The Hall–Kier alpha value is -3.98. The number of carbonyl (C=O) groups is 5. The number of ether oxygens (including phenoxy) is 2. The normalized spacial score (nSPS) is 17.0. The number of aromatic amines is 1. The molecule has 0 radical (unpaired) electrons. The lowest BCUT2D eigenvalue weighted by Gasteiger charge is -2.26. The summed E-state index contributed by atoms with van der Waals surface area (Å²) in [5, 5.41) is 14.9. The van der Waals surface area contributed by atoms with Crippen molar-refractivity contribution in [3.05, 3.63) is 30.0 Å². The predicted octanol–water partition coefficient (Wildman–Crippen LogP) is 3.11. The molecule has 17 heteroatoms. The monoisotopic (exact) mass is 682 g/mol. The minimum absolute atomic E-state index is 0.0416. The standard InChI is InChI=1S/C30H43N4O12P/c1-17(2)12-23(33-28(37)24-14-20-21(31-24)8-7-9-26(20)42-4)27(36)32-22(25(35)16-46-47(41,43-5)44-6)13-19-10-11-34(29(19)38)18(3)15-45-30(39)40/h7-9,14,17-19,22-23,31H,10-13,15-16H2,1-6H3,(H,32,36)(H,33,37)(H,39,40)/t18?,19-,22?,23?/m0/s1. The Morgan fingerprint density at radius 1 is 1.09 bits per heavy atom. The summed E-state index contributed by atoms with van der Waals surface area (Å²) in [6, 6.07) is 4.01. The van der Waals surface area contributed by atoms with Crippen LogP contribution in [0, 0.1) is 11.8 Å². The van der Waals surface area contributed by atoms with Crippen molar-refractivity contribution in [3.8, 4) is 5.75 Å². The molecule has 1 aromatic heterocycles. The summed E-state index contributed by atoms with van der Waals surface area (Å²) in [6.07, 6.45) is -1.06. The molecule has 1 fully saturated rings. The van der Waals surface area contributed by atoms with Gasteiger partial charge in [0.2, 0.25) is 11.8 Å². The Labute approximate surface area is 272 Å². The van der Waals surface area contributed by atoms with E-state index in [9.17, 15) is 28.5 Å². The van der Waals surface area contributed by atoms with E-state index in [2.05, 4.69) is 20.4 Å². The number of phosphoric ester groups is 1. The highest BCUT2D eigenvalue weighted by molar-refractivity contribution is 7.48. The molecule has 16 nitrogen and oxygen atoms in total. The number of carboxylic acid groups (broad SMARTS) is 1. The largest absolute Gasteiger partial charge is 0.505 e. The molecule has 1 aliphatic rings. The molecule has 260 valence electrons. The number of aromatic nitrogens is 1. The highest BCUT2D eigenvalue weighted by atomic mass is 31.2. The minimum atomic E-state index is -4.05. The third kappa shape index (κ3) is 10.0.